The Morgan fingerprint density at radius 1 is 1.06 bits per heavy atom. The molecule has 1 aliphatic heterocycles. The van der Waals surface area contributed by atoms with E-state index in [0.717, 1.165) is 51.5 Å². The van der Waals surface area contributed by atoms with E-state index in [9.17, 15) is 10.2 Å². The van der Waals surface area contributed by atoms with Crippen molar-refractivity contribution in [2.24, 2.45) is 0 Å². The number of fused-ring (bicyclic) bond motifs is 2. The highest BCUT2D eigenvalue weighted by Crippen LogP contribution is 2.32. The number of nitrogens with one attached hydrogen (secondary N) is 1. The Labute approximate surface area is 192 Å². The molecule has 1 aliphatic rings. The summed E-state index contributed by atoms with van der Waals surface area (Å²) in [5.74, 6) is 0.916. The predicted octanol–water partition coefficient (Wildman–Crippen LogP) is 2.95. The zero-order valence-corrected chi connectivity index (χ0v) is 18.8. The van der Waals surface area contributed by atoms with E-state index in [1.807, 2.05) is 71.3 Å². The van der Waals surface area contributed by atoms with Crippen LogP contribution in [0, 0.1) is 0 Å². The van der Waals surface area contributed by atoms with E-state index in [1.54, 1.807) is 6.92 Å². The summed E-state index contributed by atoms with van der Waals surface area (Å²) in [5.41, 5.74) is 6.61. The Bertz CT molecular complexity index is 1250. The lowest BCUT2D eigenvalue weighted by molar-refractivity contribution is -0.0358. The zero-order chi connectivity index (χ0) is 22.9. The van der Waals surface area contributed by atoms with Crippen molar-refractivity contribution in [2.45, 2.75) is 38.6 Å². The van der Waals surface area contributed by atoms with Crippen molar-refractivity contribution >= 4 is 11.5 Å². The molecule has 0 fully saturated rings. The second-order valence-corrected chi connectivity index (χ2v) is 8.51. The molecule has 0 aliphatic carbocycles. The molecule has 2 unspecified atom stereocenters. The highest BCUT2D eigenvalue weighted by atomic mass is 16.3. The third kappa shape index (κ3) is 4.08. The maximum Gasteiger partial charge on any atom is 0.165 e. The summed E-state index contributed by atoms with van der Waals surface area (Å²) in [4.78, 5) is 11.6. The van der Waals surface area contributed by atoms with Crippen LogP contribution in [0.3, 0.4) is 0 Å². The third-order valence-electron chi connectivity index (χ3n) is 6.19. The summed E-state index contributed by atoms with van der Waals surface area (Å²) in [7, 11) is 1.89. The van der Waals surface area contributed by atoms with Crippen LogP contribution in [0.15, 0.2) is 54.9 Å². The number of hydrogen-bond donors (Lipinski definition) is 3. The molecule has 3 N–H and O–H groups in total. The standard InChI is InChI=1S/C25H28N6O2/c1-16(32)12-23(33)30-11-10-19-22(15-30)29-25-20(14-28-31(25)24(19)26-2)18-8-9-21(27-13-18)17-6-4-3-5-7-17/h3-9,13-14,16,23,26,32-33H,10-12,15H2,1-2H3. The Morgan fingerprint density at radius 3 is 2.58 bits per heavy atom. The van der Waals surface area contributed by atoms with E-state index < -0.39 is 12.3 Å². The van der Waals surface area contributed by atoms with Gasteiger partial charge in [-0.1, -0.05) is 36.4 Å². The summed E-state index contributed by atoms with van der Waals surface area (Å²) in [6.45, 7) is 2.91. The van der Waals surface area contributed by atoms with Gasteiger partial charge in [0.1, 0.15) is 12.0 Å². The number of aliphatic hydroxyl groups excluding tert-OH is 2. The van der Waals surface area contributed by atoms with Gasteiger partial charge in [-0.25, -0.2) is 4.98 Å². The molecule has 8 heteroatoms. The maximum atomic E-state index is 10.5. The van der Waals surface area contributed by atoms with E-state index in [2.05, 4.69) is 15.4 Å². The second-order valence-electron chi connectivity index (χ2n) is 8.51. The molecule has 1 aromatic carbocycles. The number of aromatic nitrogens is 4. The first-order valence-electron chi connectivity index (χ1n) is 11.2. The number of anilines is 1. The van der Waals surface area contributed by atoms with Crippen molar-refractivity contribution in [1.82, 2.24) is 24.5 Å². The van der Waals surface area contributed by atoms with Crippen LogP contribution in [-0.4, -0.2) is 60.6 Å². The van der Waals surface area contributed by atoms with Crippen LogP contribution in [0.1, 0.15) is 24.6 Å². The minimum atomic E-state index is -0.701. The Hall–Kier alpha value is -3.33. The van der Waals surface area contributed by atoms with Crippen LogP contribution in [-0.2, 0) is 13.0 Å². The van der Waals surface area contributed by atoms with Gasteiger partial charge in [-0.2, -0.15) is 9.61 Å². The molecule has 2 atom stereocenters. The van der Waals surface area contributed by atoms with Crippen molar-refractivity contribution < 1.29 is 10.2 Å². The average molecular weight is 445 g/mol. The molecule has 4 aromatic rings. The molecule has 0 radical (unpaired) electrons. The van der Waals surface area contributed by atoms with Gasteiger partial charge < -0.3 is 15.5 Å². The fourth-order valence-corrected chi connectivity index (χ4v) is 4.50. The van der Waals surface area contributed by atoms with Crippen LogP contribution in [0.2, 0.25) is 0 Å². The highest BCUT2D eigenvalue weighted by molar-refractivity contribution is 5.79. The molecule has 4 heterocycles. The number of hydrogen-bond acceptors (Lipinski definition) is 7. The van der Waals surface area contributed by atoms with Crippen LogP contribution < -0.4 is 5.32 Å². The molecule has 170 valence electrons. The van der Waals surface area contributed by atoms with E-state index in [4.69, 9.17) is 4.98 Å². The van der Waals surface area contributed by atoms with E-state index in [1.165, 1.54) is 0 Å². The summed E-state index contributed by atoms with van der Waals surface area (Å²) >= 11 is 0. The number of pyridine rings is 1. The Morgan fingerprint density at radius 2 is 1.88 bits per heavy atom. The van der Waals surface area contributed by atoms with Gasteiger partial charge in [0.2, 0.25) is 0 Å². The average Bonchev–Trinajstić information content (AvgIpc) is 3.26. The van der Waals surface area contributed by atoms with Crippen LogP contribution in [0.25, 0.3) is 28.0 Å². The fourth-order valence-electron chi connectivity index (χ4n) is 4.50. The van der Waals surface area contributed by atoms with Crippen molar-refractivity contribution in [3.05, 3.63) is 66.1 Å². The predicted molar refractivity (Wildman–Crippen MR) is 128 cm³/mol. The lowest BCUT2D eigenvalue weighted by Gasteiger charge is -2.33. The third-order valence-corrected chi connectivity index (χ3v) is 6.19. The van der Waals surface area contributed by atoms with Crippen molar-refractivity contribution in [2.75, 3.05) is 18.9 Å². The first-order chi connectivity index (χ1) is 16.0. The van der Waals surface area contributed by atoms with Gasteiger partial charge in [-0.3, -0.25) is 9.88 Å². The molecule has 3 aromatic heterocycles. The fraction of sp³-hybridized carbons (Fsp3) is 0.320. The quantitative estimate of drug-likeness (QED) is 0.421. The normalized spacial score (nSPS) is 15.9. The summed E-state index contributed by atoms with van der Waals surface area (Å²) in [5, 5.41) is 28.1. The molecule has 0 saturated heterocycles. The maximum absolute atomic E-state index is 10.5. The second kappa shape index (κ2) is 8.90. The zero-order valence-electron chi connectivity index (χ0n) is 18.8. The van der Waals surface area contributed by atoms with Crippen LogP contribution >= 0.6 is 0 Å². The molecular formula is C25H28N6O2. The van der Waals surface area contributed by atoms with Crippen molar-refractivity contribution in [3.8, 4) is 22.4 Å². The number of nitrogens with zero attached hydrogens (tertiary/aromatic N) is 5. The van der Waals surface area contributed by atoms with Gasteiger partial charge in [0, 0.05) is 55.0 Å². The van der Waals surface area contributed by atoms with Crippen LogP contribution in [0.4, 0.5) is 5.82 Å². The minimum Gasteiger partial charge on any atom is -0.393 e. The SMILES string of the molecule is CNc1c2c(nc3c(-c4ccc(-c5ccccc5)nc4)cnn13)CN(C(O)CC(C)O)CC2. The number of rotatable bonds is 6. The smallest absolute Gasteiger partial charge is 0.165 e. The van der Waals surface area contributed by atoms with Gasteiger partial charge in [-0.15, -0.1) is 0 Å². The van der Waals surface area contributed by atoms with Gasteiger partial charge in [0.15, 0.2) is 5.65 Å². The van der Waals surface area contributed by atoms with Crippen molar-refractivity contribution in [3.63, 3.8) is 0 Å². The number of aliphatic hydroxyl groups is 2. The molecule has 33 heavy (non-hydrogen) atoms. The summed E-state index contributed by atoms with van der Waals surface area (Å²) < 4.78 is 1.85. The first-order valence-corrected chi connectivity index (χ1v) is 11.2. The van der Waals surface area contributed by atoms with Crippen molar-refractivity contribution in [1.29, 1.82) is 0 Å². The Balaban J connectivity index is 1.52. The molecule has 0 saturated carbocycles. The molecule has 5 rings (SSSR count). The van der Waals surface area contributed by atoms with Gasteiger partial charge >= 0.3 is 0 Å². The number of benzene rings is 1. The largest absolute Gasteiger partial charge is 0.393 e. The van der Waals surface area contributed by atoms with E-state index >= 15 is 0 Å². The van der Waals surface area contributed by atoms with E-state index in [0.29, 0.717) is 19.5 Å². The highest BCUT2D eigenvalue weighted by Gasteiger charge is 2.27. The Kier molecular flexibility index (Phi) is 5.80. The van der Waals surface area contributed by atoms with Gasteiger partial charge in [0.05, 0.1) is 23.7 Å². The first kappa shape index (κ1) is 21.5. The van der Waals surface area contributed by atoms with E-state index in [-0.39, 0.29) is 0 Å². The van der Waals surface area contributed by atoms with Gasteiger partial charge in [0.25, 0.3) is 0 Å². The lowest BCUT2D eigenvalue weighted by Crippen LogP contribution is -2.41. The molecule has 0 spiro atoms. The topological polar surface area (TPSA) is 98.8 Å². The van der Waals surface area contributed by atoms with Crippen LogP contribution in [0.5, 0.6) is 0 Å². The molecule has 8 nitrogen and oxygen atoms in total. The summed E-state index contributed by atoms with van der Waals surface area (Å²) in [6, 6.07) is 14.1. The monoisotopic (exact) mass is 444 g/mol. The molecule has 0 amide bonds. The minimum absolute atomic E-state index is 0.313. The summed E-state index contributed by atoms with van der Waals surface area (Å²) in [6.07, 6.45) is 3.49. The lowest BCUT2D eigenvalue weighted by atomic mass is 10.0. The molecular weight excluding hydrogens is 416 g/mol. The van der Waals surface area contributed by atoms with Gasteiger partial charge in [-0.05, 0) is 19.4 Å². The molecule has 0 bridgehead atoms.